The van der Waals surface area contributed by atoms with E-state index in [2.05, 4.69) is 16.3 Å². The normalized spacial score (nSPS) is 24.1. The summed E-state index contributed by atoms with van der Waals surface area (Å²) < 4.78 is 38.5. The SMILES string of the molecule is COc1cccc(C2CCCN2CC(=O)Nc2ccc(S(=O)(=O)N3CC(C)OC(C)C3)cc2)c1. The van der Waals surface area contributed by atoms with Crippen LogP contribution >= 0.6 is 0 Å². The van der Waals surface area contributed by atoms with Gasteiger partial charge < -0.3 is 14.8 Å². The summed E-state index contributed by atoms with van der Waals surface area (Å²) in [4.78, 5) is 15.1. The first-order chi connectivity index (χ1) is 16.3. The molecule has 8 nitrogen and oxygen atoms in total. The number of rotatable bonds is 7. The molecular formula is C25H33N3O5S. The number of amides is 1. The van der Waals surface area contributed by atoms with E-state index in [-0.39, 0.29) is 35.6 Å². The molecule has 2 aliphatic heterocycles. The van der Waals surface area contributed by atoms with Crippen LogP contribution in [0, 0.1) is 0 Å². The van der Waals surface area contributed by atoms with Crippen LogP contribution in [0.3, 0.4) is 0 Å². The summed E-state index contributed by atoms with van der Waals surface area (Å²) >= 11 is 0. The van der Waals surface area contributed by atoms with Gasteiger partial charge in [-0.3, -0.25) is 9.69 Å². The highest BCUT2D eigenvalue weighted by atomic mass is 32.2. The predicted octanol–water partition coefficient (Wildman–Crippen LogP) is 3.27. The zero-order chi connectivity index (χ0) is 24.3. The van der Waals surface area contributed by atoms with Crippen LogP contribution in [0.1, 0.15) is 38.3 Å². The second-order valence-corrected chi connectivity index (χ2v) is 11.0. The lowest BCUT2D eigenvalue weighted by Gasteiger charge is -2.34. The second-order valence-electron chi connectivity index (χ2n) is 9.06. The maximum atomic E-state index is 13.0. The largest absolute Gasteiger partial charge is 0.497 e. The van der Waals surface area contributed by atoms with E-state index in [0.29, 0.717) is 18.8 Å². The van der Waals surface area contributed by atoms with Gasteiger partial charge >= 0.3 is 0 Å². The molecule has 0 radical (unpaired) electrons. The van der Waals surface area contributed by atoms with E-state index < -0.39 is 10.0 Å². The van der Waals surface area contributed by atoms with Crippen LogP contribution in [0.2, 0.25) is 0 Å². The fraction of sp³-hybridized carbons (Fsp3) is 0.480. The van der Waals surface area contributed by atoms with Crippen molar-refractivity contribution in [2.75, 3.05) is 38.6 Å². The molecule has 0 bridgehead atoms. The van der Waals surface area contributed by atoms with Crippen molar-refractivity contribution in [1.82, 2.24) is 9.21 Å². The molecule has 0 saturated carbocycles. The topological polar surface area (TPSA) is 88.2 Å². The Labute approximate surface area is 201 Å². The number of anilines is 1. The molecule has 2 saturated heterocycles. The van der Waals surface area contributed by atoms with Crippen molar-refractivity contribution >= 4 is 21.6 Å². The van der Waals surface area contributed by atoms with Gasteiger partial charge in [0.2, 0.25) is 15.9 Å². The standard InChI is InChI=1S/C25H33N3O5S/c1-18-15-28(16-19(2)33-18)34(30,31)23-11-9-21(10-12-23)26-25(29)17-27-13-5-8-24(27)20-6-4-7-22(14-20)32-3/h4,6-7,9-12,14,18-19,24H,5,8,13,15-17H2,1-3H3,(H,26,29). The Balaban J connectivity index is 1.38. The molecule has 3 atom stereocenters. The third kappa shape index (κ3) is 5.60. The number of hydrogen-bond acceptors (Lipinski definition) is 6. The summed E-state index contributed by atoms with van der Waals surface area (Å²) in [6.45, 7) is 5.52. The number of carbonyl (C=O) groups is 1. The Morgan fingerprint density at radius 3 is 2.50 bits per heavy atom. The maximum absolute atomic E-state index is 13.0. The van der Waals surface area contributed by atoms with Crippen LogP contribution in [0.5, 0.6) is 5.75 Å². The second kappa shape index (κ2) is 10.4. The lowest BCUT2D eigenvalue weighted by Crippen LogP contribution is -2.48. The van der Waals surface area contributed by atoms with Gasteiger partial charge in [-0.15, -0.1) is 0 Å². The molecule has 0 aliphatic carbocycles. The first kappa shape index (κ1) is 24.7. The van der Waals surface area contributed by atoms with E-state index in [4.69, 9.17) is 9.47 Å². The van der Waals surface area contributed by atoms with E-state index in [1.807, 2.05) is 32.0 Å². The van der Waals surface area contributed by atoms with Gasteiger partial charge in [-0.1, -0.05) is 12.1 Å². The van der Waals surface area contributed by atoms with Gasteiger partial charge in [-0.2, -0.15) is 4.31 Å². The zero-order valence-corrected chi connectivity index (χ0v) is 20.8. The van der Waals surface area contributed by atoms with E-state index in [9.17, 15) is 13.2 Å². The Bertz CT molecular complexity index is 1100. The number of likely N-dealkylation sites (tertiary alicyclic amines) is 1. The van der Waals surface area contributed by atoms with Crippen molar-refractivity contribution in [1.29, 1.82) is 0 Å². The molecular weight excluding hydrogens is 454 g/mol. The first-order valence-corrected chi connectivity index (χ1v) is 13.1. The van der Waals surface area contributed by atoms with Crippen molar-refractivity contribution in [3.8, 4) is 5.75 Å². The number of hydrogen-bond donors (Lipinski definition) is 1. The number of ether oxygens (including phenoxy) is 2. The monoisotopic (exact) mass is 487 g/mol. The smallest absolute Gasteiger partial charge is 0.243 e. The van der Waals surface area contributed by atoms with Crippen molar-refractivity contribution in [3.05, 3.63) is 54.1 Å². The molecule has 34 heavy (non-hydrogen) atoms. The van der Waals surface area contributed by atoms with Crippen LogP contribution in [0.25, 0.3) is 0 Å². The molecule has 0 spiro atoms. The number of nitrogens with zero attached hydrogens (tertiary/aromatic N) is 2. The van der Waals surface area contributed by atoms with Gasteiger partial charge in [0.25, 0.3) is 0 Å². The maximum Gasteiger partial charge on any atom is 0.243 e. The lowest BCUT2D eigenvalue weighted by molar-refractivity contribution is -0.117. The quantitative estimate of drug-likeness (QED) is 0.645. The summed E-state index contributed by atoms with van der Waals surface area (Å²) in [6, 6.07) is 14.5. The van der Waals surface area contributed by atoms with Crippen LogP contribution in [-0.4, -0.2) is 69.0 Å². The van der Waals surface area contributed by atoms with Gasteiger partial charge in [-0.05, 0) is 75.2 Å². The molecule has 0 aromatic heterocycles. The number of benzene rings is 2. The molecule has 1 amide bonds. The van der Waals surface area contributed by atoms with Gasteiger partial charge in [-0.25, -0.2) is 8.42 Å². The summed E-state index contributed by atoms with van der Waals surface area (Å²) in [5, 5.41) is 2.90. The van der Waals surface area contributed by atoms with E-state index in [1.54, 1.807) is 31.4 Å². The number of methoxy groups -OCH3 is 1. The summed E-state index contributed by atoms with van der Waals surface area (Å²) in [7, 11) is -1.96. The Morgan fingerprint density at radius 1 is 1.12 bits per heavy atom. The molecule has 2 aromatic carbocycles. The van der Waals surface area contributed by atoms with Gasteiger partial charge in [0.15, 0.2) is 0 Å². The highest BCUT2D eigenvalue weighted by Gasteiger charge is 2.32. The molecule has 2 fully saturated rings. The summed E-state index contributed by atoms with van der Waals surface area (Å²) in [5.74, 6) is 0.686. The van der Waals surface area contributed by atoms with Crippen molar-refractivity contribution in [2.24, 2.45) is 0 Å². The predicted molar refractivity (Wildman–Crippen MR) is 130 cm³/mol. The molecule has 2 aliphatic rings. The van der Waals surface area contributed by atoms with E-state index in [1.165, 1.54) is 4.31 Å². The van der Waals surface area contributed by atoms with E-state index in [0.717, 1.165) is 30.7 Å². The number of nitrogens with one attached hydrogen (secondary N) is 1. The number of morpholine rings is 1. The van der Waals surface area contributed by atoms with Gasteiger partial charge in [0, 0.05) is 24.8 Å². The minimum absolute atomic E-state index is 0.124. The van der Waals surface area contributed by atoms with Crippen molar-refractivity contribution in [3.63, 3.8) is 0 Å². The molecule has 3 unspecified atom stereocenters. The highest BCUT2D eigenvalue weighted by Crippen LogP contribution is 2.33. The molecule has 2 heterocycles. The average Bonchev–Trinajstić information content (AvgIpc) is 3.26. The van der Waals surface area contributed by atoms with Gasteiger partial charge in [0.1, 0.15) is 5.75 Å². The molecule has 1 N–H and O–H groups in total. The summed E-state index contributed by atoms with van der Waals surface area (Å²) in [6.07, 6.45) is 1.72. The van der Waals surface area contributed by atoms with Crippen molar-refractivity contribution in [2.45, 2.75) is 49.8 Å². The van der Waals surface area contributed by atoms with E-state index >= 15 is 0 Å². The zero-order valence-electron chi connectivity index (χ0n) is 19.9. The molecule has 4 rings (SSSR count). The molecule has 2 aromatic rings. The third-order valence-electron chi connectivity index (χ3n) is 6.35. The Hall–Kier alpha value is -2.46. The van der Waals surface area contributed by atoms with Gasteiger partial charge in [0.05, 0.1) is 30.8 Å². The number of carbonyl (C=O) groups excluding carboxylic acids is 1. The Morgan fingerprint density at radius 2 is 1.82 bits per heavy atom. The first-order valence-electron chi connectivity index (χ1n) is 11.7. The minimum atomic E-state index is -3.61. The summed E-state index contributed by atoms with van der Waals surface area (Å²) in [5.41, 5.74) is 1.72. The molecule has 184 valence electrons. The lowest BCUT2D eigenvalue weighted by atomic mass is 10.0. The minimum Gasteiger partial charge on any atom is -0.497 e. The van der Waals surface area contributed by atoms with Crippen LogP contribution in [-0.2, 0) is 19.6 Å². The molecule has 9 heteroatoms. The van der Waals surface area contributed by atoms with Crippen LogP contribution in [0.4, 0.5) is 5.69 Å². The third-order valence-corrected chi connectivity index (χ3v) is 8.20. The van der Waals surface area contributed by atoms with Crippen molar-refractivity contribution < 1.29 is 22.7 Å². The van der Waals surface area contributed by atoms with Crippen LogP contribution in [0.15, 0.2) is 53.4 Å². The fourth-order valence-corrected chi connectivity index (χ4v) is 6.40. The fourth-order valence-electron chi connectivity index (χ4n) is 4.81. The highest BCUT2D eigenvalue weighted by molar-refractivity contribution is 7.89. The average molecular weight is 488 g/mol. The van der Waals surface area contributed by atoms with Crippen LogP contribution < -0.4 is 10.1 Å². The number of sulfonamides is 1. The Kier molecular flexibility index (Phi) is 7.57.